The fraction of sp³-hybridized carbons (Fsp3) is 0.125. The van der Waals surface area contributed by atoms with Gasteiger partial charge in [0, 0.05) is 12.8 Å². The van der Waals surface area contributed by atoms with Crippen LogP contribution in [0.25, 0.3) is 0 Å². The van der Waals surface area contributed by atoms with E-state index in [0.29, 0.717) is 29.1 Å². The molecule has 3 aromatic carbocycles. The summed E-state index contributed by atoms with van der Waals surface area (Å²) in [5, 5.41) is 5.39. The van der Waals surface area contributed by atoms with Crippen molar-refractivity contribution in [2.45, 2.75) is 6.61 Å². The van der Waals surface area contributed by atoms with E-state index < -0.39 is 18.5 Å². The molecule has 0 bridgehead atoms. The molecular weight excluding hydrogens is 396 g/mol. The Hall–Kier alpha value is -3.97. The van der Waals surface area contributed by atoms with Crippen LogP contribution in [0.3, 0.4) is 0 Å². The van der Waals surface area contributed by atoms with Gasteiger partial charge in [-0.2, -0.15) is 0 Å². The second-order valence-corrected chi connectivity index (χ2v) is 6.62. The molecule has 2 amide bonds. The van der Waals surface area contributed by atoms with Crippen molar-refractivity contribution in [3.8, 4) is 0 Å². The van der Waals surface area contributed by atoms with Gasteiger partial charge in [0.15, 0.2) is 6.61 Å². The lowest BCUT2D eigenvalue weighted by atomic mass is 10.1. The molecule has 7 heteroatoms. The summed E-state index contributed by atoms with van der Waals surface area (Å²) < 4.78 is 10.1. The standard InChI is InChI=1S/C24H22N2O5/c1-30-15-17-8-7-9-18(14-17)24(29)31-16-22(27)26-21-13-6-5-12-20(21)23(28)25-19-10-3-2-4-11-19/h2-14H,15-16H2,1H3,(H,25,28)(H,26,27). The number of methoxy groups -OCH3 is 1. The molecule has 0 heterocycles. The van der Waals surface area contributed by atoms with Crippen LogP contribution in [0.2, 0.25) is 0 Å². The minimum Gasteiger partial charge on any atom is -0.452 e. The Morgan fingerprint density at radius 3 is 2.35 bits per heavy atom. The lowest BCUT2D eigenvalue weighted by molar-refractivity contribution is -0.119. The first-order valence-corrected chi connectivity index (χ1v) is 9.57. The predicted octanol–water partition coefficient (Wildman–Crippen LogP) is 3.88. The number of carbonyl (C=O) groups is 3. The Balaban J connectivity index is 1.60. The number of rotatable bonds is 8. The first-order chi connectivity index (χ1) is 15.1. The summed E-state index contributed by atoms with van der Waals surface area (Å²) >= 11 is 0. The minimum absolute atomic E-state index is 0.290. The van der Waals surface area contributed by atoms with Gasteiger partial charge in [0.2, 0.25) is 0 Å². The third kappa shape index (κ3) is 6.25. The van der Waals surface area contributed by atoms with Crippen molar-refractivity contribution in [2.75, 3.05) is 24.4 Å². The van der Waals surface area contributed by atoms with Gasteiger partial charge >= 0.3 is 5.97 Å². The number of benzene rings is 3. The highest BCUT2D eigenvalue weighted by Crippen LogP contribution is 2.17. The third-order valence-corrected chi connectivity index (χ3v) is 4.29. The lowest BCUT2D eigenvalue weighted by Crippen LogP contribution is -2.23. The summed E-state index contributed by atoms with van der Waals surface area (Å²) in [5.41, 5.74) is 2.39. The summed E-state index contributed by atoms with van der Waals surface area (Å²) in [6, 6.07) is 22.4. The van der Waals surface area contributed by atoms with Gasteiger partial charge in [0.1, 0.15) is 0 Å². The average molecular weight is 418 g/mol. The van der Waals surface area contributed by atoms with E-state index in [9.17, 15) is 14.4 Å². The molecule has 0 aliphatic carbocycles. The number of para-hydroxylation sites is 2. The molecule has 0 radical (unpaired) electrons. The van der Waals surface area contributed by atoms with Crippen molar-refractivity contribution in [2.24, 2.45) is 0 Å². The van der Waals surface area contributed by atoms with Gasteiger partial charge in [-0.15, -0.1) is 0 Å². The molecule has 0 saturated carbocycles. The smallest absolute Gasteiger partial charge is 0.338 e. The minimum atomic E-state index is -0.622. The molecule has 158 valence electrons. The van der Waals surface area contributed by atoms with Crippen molar-refractivity contribution < 1.29 is 23.9 Å². The quantitative estimate of drug-likeness (QED) is 0.542. The second kappa shape index (κ2) is 10.7. The van der Waals surface area contributed by atoms with Crippen LogP contribution in [0, 0.1) is 0 Å². The van der Waals surface area contributed by atoms with Gasteiger partial charge in [0.25, 0.3) is 11.8 Å². The molecule has 0 aliphatic rings. The number of anilines is 2. The highest BCUT2D eigenvalue weighted by Gasteiger charge is 2.15. The highest BCUT2D eigenvalue weighted by molar-refractivity contribution is 6.10. The second-order valence-electron chi connectivity index (χ2n) is 6.62. The van der Waals surface area contributed by atoms with Crippen LogP contribution in [0.4, 0.5) is 11.4 Å². The monoisotopic (exact) mass is 418 g/mol. The van der Waals surface area contributed by atoms with E-state index in [1.54, 1.807) is 61.7 Å². The Bertz CT molecular complexity index is 1070. The number of amides is 2. The zero-order valence-electron chi connectivity index (χ0n) is 17.0. The number of hydrogen-bond donors (Lipinski definition) is 2. The van der Waals surface area contributed by atoms with Gasteiger partial charge < -0.3 is 20.1 Å². The van der Waals surface area contributed by atoms with Crippen molar-refractivity contribution in [3.63, 3.8) is 0 Å². The van der Waals surface area contributed by atoms with E-state index in [-0.39, 0.29) is 5.91 Å². The van der Waals surface area contributed by atoms with E-state index in [1.807, 2.05) is 24.3 Å². The molecule has 2 N–H and O–H groups in total. The Labute approximate surface area is 180 Å². The normalized spacial score (nSPS) is 10.2. The van der Waals surface area contributed by atoms with Gasteiger partial charge in [-0.1, -0.05) is 42.5 Å². The molecule has 0 aromatic heterocycles. The van der Waals surface area contributed by atoms with Crippen LogP contribution in [0.1, 0.15) is 26.3 Å². The SMILES string of the molecule is COCc1cccc(C(=O)OCC(=O)Nc2ccccc2C(=O)Nc2ccccc2)c1. The maximum absolute atomic E-state index is 12.6. The van der Waals surface area contributed by atoms with E-state index in [2.05, 4.69) is 10.6 Å². The fourth-order valence-electron chi connectivity index (χ4n) is 2.87. The lowest BCUT2D eigenvalue weighted by Gasteiger charge is -2.12. The zero-order chi connectivity index (χ0) is 22.1. The summed E-state index contributed by atoms with van der Waals surface area (Å²) in [5.74, 6) is -1.54. The van der Waals surface area contributed by atoms with Gasteiger partial charge in [0.05, 0.1) is 23.4 Å². The van der Waals surface area contributed by atoms with Gasteiger partial charge in [-0.05, 0) is 42.0 Å². The summed E-state index contributed by atoms with van der Waals surface area (Å²) in [6.45, 7) is -0.120. The molecule has 0 atom stereocenters. The van der Waals surface area contributed by atoms with E-state index >= 15 is 0 Å². The molecule has 0 spiro atoms. The highest BCUT2D eigenvalue weighted by atomic mass is 16.5. The van der Waals surface area contributed by atoms with Crippen LogP contribution in [-0.2, 0) is 20.9 Å². The molecule has 0 unspecified atom stereocenters. The number of esters is 1. The topological polar surface area (TPSA) is 93.7 Å². The Morgan fingerprint density at radius 1 is 0.839 bits per heavy atom. The summed E-state index contributed by atoms with van der Waals surface area (Å²) in [7, 11) is 1.56. The van der Waals surface area contributed by atoms with Crippen molar-refractivity contribution in [3.05, 3.63) is 95.6 Å². The molecule has 31 heavy (non-hydrogen) atoms. The van der Waals surface area contributed by atoms with Crippen LogP contribution in [0.15, 0.2) is 78.9 Å². The Kier molecular flexibility index (Phi) is 7.50. The largest absolute Gasteiger partial charge is 0.452 e. The van der Waals surface area contributed by atoms with Crippen molar-refractivity contribution in [1.29, 1.82) is 0 Å². The maximum Gasteiger partial charge on any atom is 0.338 e. The van der Waals surface area contributed by atoms with E-state index in [1.165, 1.54) is 0 Å². The van der Waals surface area contributed by atoms with Gasteiger partial charge in [-0.3, -0.25) is 9.59 Å². The number of carbonyl (C=O) groups excluding carboxylic acids is 3. The fourth-order valence-corrected chi connectivity index (χ4v) is 2.87. The van der Waals surface area contributed by atoms with Crippen molar-refractivity contribution in [1.82, 2.24) is 0 Å². The molecule has 0 fully saturated rings. The maximum atomic E-state index is 12.6. The third-order valence-electron chi connectivity index (χ3n) is 4.29. The number of nitrogens with one attached hydrogen (secondary N) is 2. The van der Waals surface area contributed by atoms with E-state index in [4.69, 9.17) is 9.47 Å². The first-order valence-electron chi connectivity index (χ1n) is 9.57. The summed E-state index contributed by atoms with van der Waals surface area (Å²) in [4.78, 5) is 37.1. The average Bonchev–Trinajstić information content (AvgIpc) is 2.79. The molecule has 3 aromatic rings. The zero-order valence-corrected chi connectivity index (χ0v) is 17.0. The van der Waals surface area contributed by atoms with Gasteiger partial charge in [-0.25, -0.2) is 4.79 Å². The van der Waals surface area contributed by atoms with Crippen LogP contribution in [0.5, 0.6) is 0 Å². The molecule has 7 nitrogen and oxygen atoms in total. The van der Waals surface area contributed by atoms with Crippen molar-refractivity contribution >= 4 is 29.2 Å². The number of hydrogen-bond acceptors (Lipinski definition) is 5. The van der Waals surface area contributed by atoms with Crippen LogP contribution < -0.4 is 10.6 Å². The van der Waals surface area contributed by atoms with E-state index in [0.717, 1.165) is 5.56 Å². The number of ether oxygens (including phenoxy) is 2. The predicted molar refractivity (Wildman–Crippen MR) is 117 cm³/mol. The molecule has 0 aliphatic heterocycles. The molecule has 0 saturated heterocycles. The molecule has 3 rings (SSSR count). The van der Waals surface area contributed by atoms with Crippen LogP contribution >= 0.6 is 0 Å². The van der Waals surface area contributed by atoms with Crippen LogP contribution in [-0.4, -0.2) is 31.5 Å². The molecular formula is C24H22N2O5. The summed E-state index contributed by atoms with van der Waals surface area (Å²) in [6.07, 6.45) is 0. The Morgan fingerprint density at radius 2 is 1.58 bits per heavy atom. The first kappa shape index (κ1) is 21.7.